The summed E-state index contributed by atoms with van der Waals surface area (Å²) in [6.45, 7) is 7.76. The first-order chi connectivity index (χ1) is 15.5. The first-order valence-electron chi connectivity index (χ1n) is 12.4. The molecule has 1 fully saturated rings. The molecule has 1 aliphatic rings. The van der Waals surface area contributed by atoms with Crippen molar-refractivity contribution in [2.75, 3.05) is 27.1 Å². The zero-order valence-electron chi connectivity index (χ0n) is 20.6. The number of unbranched alkanes of at least 4 members (excludes halogenated alkanes) is 3. The monoisotopic (exact) mass is 576 g/mol. The summed E-state index contributed by atoms with van der Waals surface area (Å²) in [6.07, 6.45) is 7.14. The Bertz CT molecular complexity index is 733. The third kappa shape index (κ3) is 6.29. The molecule has 0 spiro atoms. The van der Waals surface area contributed by atoms with Crippen LogP contribution in [0.25, 0.3) is 0 Å². The average Bonchev–Trinajstić information content (AvgIpc) is 3.56. The molecule has 0 heterocycles. The first-order valence-corrected chi connectivity index (χ1v) is 21.4. The Balaban J connectivity index is 2.46. The minimum atomic E-state index is -3.48. The molecule has 0 N–H and O–H groups in total. The molecule has 0 saturated heterocycles. The van der Waals surface area contributed by atoms with E-state index in [1.165, 1.54) is 0 Å². The van der Waals surface area contributed by atoms with Crippen molar-refractivity contribution in [1.29, 1.82) is 0 Å². The summed E-state index contributed by atoms with van der Waals surface area (Å²) in [6, 6.07) is 9.12. The van der Waals surface area contributed by atoms with Crippen LogP contribution in [0.5, 0.6) is 0 Å². The van der Waals surface area contributed by atoms with Gasteiger partial charge < -0.3 is 0 Å². The molecule has 0 bridgehead atoms. The van der Waals surface area contributed by atoms with E-state index in [1.54, 1.807) is 19.2 Å². The number of methoxy groups -OCH3 is 1. The third-order valence-electron chi connectivity index (χ3n) is 7.09. The van der Waals surface area contributed by atoms with Crippen LogP contribution >= 0.6 is 0 Å². The number of rotatable bonds is 18. The van der Waals surface area contributed by atoms with Gasteiger partial charge in [0.25, 0.3) is 0 Å². The molecular formula is C25H44O5SSn. The van der Waals surface area contributed by atoms with E-state index in [0.29, 0.717) is 24.5 Å². The van der Waals surface area contributed by atoms with Gasteiger partial charge in [-0.05, 0) is 0 Å². The van der Waals surface area contributed by atoms with Crippen LogP contribution in [0.2, 0.25) is 13.3 Å². The van der Waals surface area contributed by atoms with Crippen molar-refractivity contribution in [2.45, 2.75) is 92.8 Å². The van der Waals surface area contributed by atoms with Gasteiger partial charge in [0.15, 0.2) is 0 Å². The van der Waals surface area contributed by atoms with E-state index in [1.807, 2.05) is 18.2 Å². The molecule has 0 radical (unpaired) electrons. The number of sulfone groups is 1. The van der Waals surface area contributed by atoms with E-state index in [4.69, 9.17) is 14.2 Å². The summed E-state index contributed by atoms with van der Waals surface area (Å²) in [4.78, 5) is 0.469. The molecule has 1 aromatic rings. The zero-order chi connectivity index (χ0) is 23.5. The van der Waals surface area contributed by atoms with Crippen LogP contribution in [0.1, 0.15) is 65.7 Å². The molecule has 2 atom stereocenters. The summed E-state index contributed by atoms with van der Waals surface area (Å²) >= 11 is -3.22. The van der Waals surface area contributed by atoms with Gasteiger partial charge in [0.2, 0.25) is 0 Å². The Labute approximate surface area is 200 Å². The maximum absolute atomic E-state index is 14.3. The van der Waals surface area contributed by atoms with Gasteiger partial charge in [-0.2, -0.15) is 0 Å². The van der Waals surface area contributed by atoms with Crippen molar-refractivity contribution in [1.82, 2.24) is 0 Å². The van der Waals surface area contributed by atoms with Gasteiger partial charge in [-0.3, -0.25) is 0 Å². The van der Waals surface area contributed by atoms with Gasteiger partial charge in [0.05, 0.1) is 0 Å². The Morgan fingerprint density at radius 3 is 2.00 bits per heavy atom. The van der Waals surface area contributed by atoms with Gasteiger partial charge in [-0.25, -0.2) is 0 Å². The Kier molecular flexibility index (Phi) is 12.0. The van der Waals surface area contributed by atoms with Crippen LogP contribution in [0, 0.1) is 0 Å². The van der Waals surface area contributed by atoms with E-state index in [9.17, 15) is 8.42 Å². The standard InChI is InChI=1S/C13H17O5S.3C4H9.Sn/c1-16-7-8-17-10-18-12-9-13(12)19(14,15)11-5-3-2-4-6-11;3*1-3-4-2;/h2-6,12H,7-10H2,1H3;3*1,3-4H2,2H3;/t12-;;;;/m1..../s1. The molecule has 32 heavy (non-hydrogen) atoms. The van der Waals surface area contributed by atoms with E-state index in [-0.39, 0.29) is 12.9 Å². The van der Waals surface area contributed by atoms with Crippen LogP contribution < -0.4 is 0 Å². The molecular weight excluding hydrogens is 531 g/mol. The predicted octanol–water partition coefficient (Wildman–Crippen LogP) is 6.00. The summed E-state index contributed by atoms with van der Waals surface area (Å²) in [5, 5.41) is 0. The molecule has 1 aliphatic carbocycles. The number of benzene rings is 1. The summed E-state index contributed by atoms with van der Waals surface area (Å²) in [5.41, 5.74) is 0. The average molecular weight is 575 g/mol. The summed E-state index contributed by atoms with van der Waals surface area (Å²) in [5.74, 6) is 0. The summed E-state index contributed by atoms with van der Waals surface area (Å²) in [7, 11) is -1.85. The van der Waals surface area contributed by atoms with Crippen LogP contribution in [0.3, 0.4) is 0 Å². The molecule has 0 aromatic heterocycles. The quantitative estimate of drug-likeness (QED) is 0.122. The summed E-state index contributed by atoms with van der Waals surface area (Å²) < 4.78 is 48.1. The van der Waals surface area contributed by atoms with Crippen molar-refractivity contribution in [3.05, 3.63) is 30.3 Å². The fourth-order valence-electron chi connectivity index (χ4n) is 5.23. The Hall–Kier alpha value is -0.151. The Morgan fingerprint density at radius 1 is 0.938 bits per heavy atom. The van der Waals surface area contributed by atoms with Crippen molar-refractivity contribution in [3.63, 3.8) is 0 Å². The first kappa shape index (κ1) is 28.1. The van der Waals surface area contributed by atoms with E-state index >= 15 is 0 Å². The third-order valence-corrected chi connectivity index (χ3v) is 32.4. The number of hydrogen-bond donors (Lipinski definition) is 0. The maximum atomic E-state index is 14.3. The van der Waals surface area contributed by atoms with Crippen molar-refractivity contribution in [3.8, 4) is 0 Å². The SMILES string of the molecule is CCC[CH2][Sn]([CH2]CCC)([CH2]CCC)[C@@]1(S(=O)(=O)c2ccccc2)C[C@H]1OCOCCOC. The molecule has 0 aliphatic heterocycles. The van der Waals surface area contributed by atoms with Gasteiger partial charge >= 0.3 is 201 Å². The predicted molar refractivity (Wildman–Crippen MR) is 133 cm³/mol. The molecule has 2 rings (SSSR count). The fourth-order valence-corrected chi connectivity index (χ4v) is 34.0. The molecule has 1 saturated carbocycles. The normalized spacial score (nSPS) is 21.1. The van der Waals surface area contributed by atoms with Crippen LogP contribution in [-0.4, -0.2) is 62.8 Å². The topological polar surface area (TPSA) is 61.8 Å². The van der Waals surface area contributed by atoms with E-state index in [0.717, 1.165) is 51.8 Å². The second kappa shape index (κ2) is 13.7. The Morgan fingerprint density at radius 2 is 1.50 bits per heavy atom. The minimum absolute atomic E-state index is 0.136. The van der Waals surface area contributed by atoms with Gasteiger partial charge in [0.1, 0.15) is 0 Å². The molecule has 184 valence electrons. The van der Waals surface area contributed by atoms with Gasteiger partial charge in [-0.15, -0.1) is 0 Å². The van der Waals surface area contributed by atoms with Crippen LogP contribution in [0.4, 0.5) is 0 Å². The molecule has 0 amide bonds. The fraction of sp³-hybridized carbons (Fsp3) is 0.760. The second-order valence-corrected chi connectivity index (χ2v) is 26.6. The van der Waals surface area contributed by atoms with E-state index in [2.05, 4.69) is 20.8 Å². The second-order valence-electron chi connectivity index (χ2n) is 9.18. The van der Waals surface area contributed by atoms with Crippen molar-refractivity contribution < 1.29 is 22.6 Å². The van der Waals surface area contributed by atoms with E-state index < -0.39 is 31.0 Å². The van der Waals surface area contributed by atoms with Crippen LogP contribution in [0.15, 0.2) is 35.2 Å². The van der Waals surface area contributed by atoms with Gasteiger partial charge in [0, 0.05) is 0 Å². The number of ether oxygens (including phenoxy) is 3. The molecule has 5 nitrogen and oxygen atoms in total. The molecule has 7 heteroatoms. The molecule has 0 unspecified atom stereocenters. The van der Waals surface area contributed by atoms with Crippen LogP contribution in [-0.2, 0) is 24.0 Å². The zero-order valence-corrected chi connectivity index (χ0v) is 24.3. The van der Waals surface area contributed by atoms with Crippen molar-refractivity contribution >= 4 is 28.2 Å². The number of hydrogen-bond acceptors (Lipinski definition) is 5. The molecule has 1 aromatic carbocycles. The van der Waals surface area contributed by atoms with Crippen molar-refractivity contribution in [2.24, 2.45) is 0 Å². The van der Waals surface area contributed by atoms with Gasteiger partial charge in [-0.1, -0.05) is 0 Å².